The fourth-order valence-corrected chi connectivity index (χ4v) is 4.35. The molecule has 0 aliphatic carbocycles. The van der Waals surface area contributed by atoms with Gasteiger partial charge in [-0.2, -0.15) is 0 Å². The molecule has 0 atom stereocenters. The topological polar surface area (TPSA) is 107 Å². The second-order valence-corrected chi connectivity index (χ2v) is 8.86. The number of hydrogen-bond donors (Lipinski definition) is 2. The normalized spacial score (nSPS) is 10.5. The molecule has 2 aromatic carbocycles. The molecule has 12 heteroatoms. The van der Waals surface area contributed by atoms with Crippen molar-refractivity contribution in [1.82, 2.24) is 20.1 Å². The Bertz CT molecular complexity index is 1210. The number of anilines is 1. The van der Waals surface area contributed by atoms with Gasteiger partial charge in [0.2, 0.25) is 5.91 Å². The first kappa shape index (κ1) is 26.4. The summed E-state index contributed by atoms with van der Waals surface area (Å²) in [5, 5.41) is 15.2. The summed E-state index contributed by atoms with van der Waals surface area (Å²) < 4.78 is 12.2. The summed E-state index contributed by atoms with van der Waals surface area (Å²) in [6, 6.07) is 9.68. The fraction of sp³-hybridized carbons (Fsp3) is 0.217. The summed E-state index contributed by atoms with van der Waals surface area (Å²) >= 11 is 13.1. The number of benzene rings is 2. The van der Waals surface area contributed by atoms with Crippen molar-refractivity contribution < 1.29 is 19.1 Å². The Morgan fingerprint density at radius 1 is 1.09 bits per heavy atom. The van der Waals surface area contributed by atoms with Crippen molar-refractivity contribution in [3.63, 3.8) is 0 Å². The van der Waals surface area contributed by atoms with Crippen LogP contribution in [-0.4, -0.2) is 46.6 Å². The number of methoxy groups -OCH3 is 2. The van der Waals surface area contributed by atoms with Gasteiger partial charge in [-0.1, -0.05) is 41.0 Å². The van der Waals surface area contributed by atoms with Gasteiger partial charge >= 0.3 is 0 Å². The first-order chi connectivity index (χ1) is 16.8. The molecule has 184 valence electrons. The summed E-state index contributed by atoms with van der Waals surface area (Å²) in [6.45, 7) is 4.29. The predicted octanol–water partition coefficient (Wildman–Crippen LogP) is 4.45. The van der Waals surface area contributed by atoms with E-state index >= 15 is 0 Å². The Morgan fingerprint density at radius 3 is 2.46 bits per heavy atom. The molecule has 1 aromatic heterocycles. The van der Waals surface area contributed by atoms with Gasteiger partial charge in [0.1, 0.15) is 0 Å². The van der Waals surface area contributed by atoms with Crippen molar-refractivity contribution in [2.75, 3.05) is 25.3 Å². The average molecular weight is 536 g/mol. The van der Waals surface area contributed by atoms with E-state index in [1.165, 1.54) is 26.0 Å². The van der Waals surface area contributed by atoms with Gasteiger partial charge in [-0.05, 0) is 36.4 Å². The van der Waals surface area contributed by atoms with Crippen LogP contribution in [0, 0.1) is 0 Å². The van der Waals surface area contributed by atoms with Crippen molar-refractivity contribution >= 4 is 52.5 Å². The summed E-state index contributed by atoms with van der Waals surface area (Å²) in [4.78, 5) is 25.0. The number of hydrogen-bond acceptors (Lipinski definition) is 7. The van der Waals surface area contributed by atoms with Crippen LogP contribution in [-0.2, 0) is 17.9 Å². The highest BCUT2D eigenvalue weighted by molar-refractivity contribution is 7.99. The van der Waals surface area contributed by atoms with E-state index in [2.05, 4.69) is 27.4 Å². The van der Waals surface area contributed by atoms with E-state index in [0.29, 0.717) is 50.3 Å². The monoisotopic (exact) mass is 535 g/mol. The van der Waals surface area contributed by atoms with Crippen LogP contribution in [0.5, 0.6) is 11.5 Å². The predicted molar refractivity (Wildman–Crippen MR) is 137 cm³/mol. The third-order valence-corrected chi connectivity index (χ3v) is 6.04. The van der Waals surface area contributed by atoms with Gasteiger partial charge in [0.05, 0.1) is 26.5 Å². The number of halogens is 2. The van der Waals surface area contributed by atoms with Crippen molar-refractivity contribution in [3.8, 4) is 11.5 Å². The second kappa shape index (κ2) is 12.5. The molecular formula is C23H23Cl2N5O4S. The number of thioether (sulfide) groups is 1. The molecule has 3 rings (SSSR count). The van der Waals surface area contributed by atoms with Crippen LogP contribution < -0.4 is 20.1 Å². The zero-order valence-corrected chi connectivity index (χ0v) is 21.3. The van der Waals surface area contributed by atoms with Crippen LogP contribution >= 0.6 is 35.0 Å². The number of carbonyl (C=O) groups excluding carboxylic acids is 2. The quantitative estimate of drug-likeness (QED) is 0.276. The Kier molecular flexibility index (Phi) is 9.41. The highest BCUT2D eigenvalue weighted by Crippen LogP contribution is 2.27. The molecule has 0 saturated heterocycles. The summed E-state index contributed by atoms with van der Waals surface area (Å²) in [5.41, 5.74) is 0.907. The number of nitrogens with one attached hydrogen (secondary N) is 2. The van der Waals surface area contributed by atoms with E-state index in [1.54, 1.807) is 47.0 Å². The molecule has 0 radical (unpaired) electrons. The summed E-state index contributed by atoms with van der Waals surface area (Å²) in [5.74, 6) is 1.00. The zero-order chi connectivity index (χ0) is 25.4. The number of aromatic nitrogens is 3. The van der Waals surface area contributed by atoms with Gasteiger partial charge in [-0.3, -0.25) is 9.59 Å². The van der Waals surface area contributed by atoms with E-state index in [-0.39, 0.29) is 24.1 Å². The van der Waals surface area contributed by atoms with E-state index in [4.69, 9.17) is 32.7 Å². The molecule has 0 aliphatic heterocycles. The number of allylic oxidation sites excluding steroid dienone is 1. The fourth-order valence-electron chi connectivity index (χ4n) is 3.06. The summed E-state index contributed by atoms with van der Waals surface area (Å²) in [7, 11) is 3.02. The molecule has 1 heterocycles. The van der Waals surface area contributed by atoms with Crippen LogP contribution in [0.15, 0.2) is 54.2 Å². The maximum absolute atomic E-state index is 12.6. The Morgan fingerprint density at radius 2 is 1.80 bits per heavy atom. The third kappa shape index (κ3) is 7.14. The van der Waals surface area contributed by atoms with E-state index in [0.717, 1.165) is 0 Å². The molecule has 0 unspecified atom stereocenters. The van der Waals surface area contributed by atoms with E-state index in [1.807, 2.05) is 0 Å². The van der Waals surface area contributed by atoms with Crippen molar-refractivity contribution in [1.29, 1.82) is 0 Å². The smallest absolute Gasteiger partial charge is 0.251 e. The molecule has 2 N–H and O–H groups in total. The number of rotatable bonds is 11. The van der Waals surface area contributed by atoms with Crippen LogP contribution in [0.2, 0.25) is 10.0 Å². The number of amides is 2. The lowest BCUT2D eigenvalue weighted by atomic mass is 10.2. The first-order valence-electron chi connectivity index (χ1n) is 10.3. The lowest BCUT2D eigenvalue weighted by molar-refractivity contribution is -0.113. The van der Waals surface area contributed by atoms with Gasteiger partial charge in [-0.25, -0.2) is 0 Å². The van der Waals surface area contributed by atoms with E-state index < -0.39 is 0 Å². The molecule has 0 saturated carbocycles. The minimum Gasteiger partial charge on any atom is -0.493 e. The molecule has 35 heavy (non-hydrogen) atoms. The van der Waals surface area contributed by atoms with Crippen LogP contribution in [0.1, 0.15) is 16.2 Å². The zero-order valence-electron chi connectivity index (χ0n) is 19.0. The van der Waals surface area contributed by atoms with Gasteiger partial charge in [0.15, 0.2) is 22.5 Å². The number of carbonyl (C=O) groups is 2. The second-order valence-electron chi connectivity index (χ2n) is 7.05. The van der Waals surface area contributed by atoms with Crippen LogP contribution in [0.3, 0.4) is 0 Å². The first-order valence-corrected chi connectivity index (χ1v) is 12.0. The number of ether oxygens (including phenoxy) is 2. The summed E-state index contributed by atoms with van der Waals surface area (Å²) in [6.07, 6.45) is 1.68. The lowest BCUT2D eigenvalue weighted by Crippen LogP contribution is -2.25. The van der Waals surface area contributed by atoms with Crippen molar-refractivity contribution in [3.05, 3.63) is 70.5 Å². The van der Waals surface area contributed by atoms with E-state index in [9.17, 15) is 9.59 Å². The van der Waals surface area contributed by atoms with Gasteiger partial charge in [0.25, 0.3) is 5.91 Å². The Hall–Kier alpha value is -3.21. The van der Waals surface area contributed by atoms with Crippen LogP contribution in [0.25, 0.3) is 0 Å². The SMILES string of the molecule is C=CCn1c(CNC(=O)c2ccc(OC)c(OC)c2)nnc1SCC(=O)Nc1cc(Cl)cc(Cl)c1. The minimum absolute atomic E-state index is 0.0808. The Labute approximate surface area is 216 Å². The number of nitrogens with zero attached hydrogens (tertiary/aromatic N) is 3. The molecular weight excluding hydrogens is 513 g/mol. The van der Waals surface area contributed by atoms with Gasteiger partial charge < -0.3 is 24.7 Å². The van der Waals surface area contributed by atoms with Gasteiger partial charge in [0, 0.05) is 27.8 Å². The molecule has 9 nitrogen and oxygen atoms in total. The minimum atomic E-state index is -0.312. The molecule has 0 aliphatic rings. The lowest BCUT2D eigenvalue weighted by Gasteiger charge is -2.11. The maximum atomic E-state index is 12.6. The molecule has 0 bridgehead atoms. The Balaban J connectivity index is 1.63. The standard InChI is InChI=1S/C23H23Cl2N5O4S/c1-4-7-30-20(12-26-22(32)14-5-6-18(33-2)19(8-14)34-3)28-29-23(30)35-13-21(31)27-17-10-15(24)9-16(25)11-17/h4-6,8-11H,1,7,12-13H2,2-3H3,(H,26,32)(H,27,31). The van der Waals surface area contributed by atoms with Crippen LogP contribution in [0.4, 0.5) is 5.69 Å². The molecule has 0 spiro atoms. The third-order valence-electron chi connectivity index (χ3n) is 4.64. The highest BCUT2D eigenvalue weighted by atomic mass is 35.5. The van der Waals surface area contributed by atoms with Gasteiger partial charge in [-0.15, -0.1) is 16.8 Å². The van der Waals surface area contributed by atoms with Crippen molar-refractivity contribution in [2.45, 2.75) is 18.2 Å². The largest absolute Gasteiger partial charge is 0.493 e. The molecule has 3 aromatic rings. The molecule has 2 amide bonds. The average Bonchev–Trinajstić information content (AvgIpc) is 3.21. The highest BCUT2D eigenvalue weighted by Gasteiger charge is 2.16. The molecule has 0 fully saturated rings. The van der Waals surface area contributed by atoms with Crippen molar-refractivity contribution in [2.24, 2.45) is 0 Å². The maximum Gasteiger partial charge on any atom is 0.251 e.